The third-order valence-corrected chi connectivity index (χ3v) is 8.97. The first-order valence-corrected chi connectivity index (χ1v) is 14.7. The maximum atomic E-state index is 13.1. The van der Waals surface area contributed by atoms with Gasteiger partial charge in [-0.05, 0) is 66.2 Å². The predicted molar refractivity (Wildman–Crippen MR) is 143 cm³/mol. The van der Waals surface area contributed by atoms with Gasteiger partial charge in [-0.3, -0.25) is 9.59 Å². The van der Waals surface area contributed by atoms with Gasteiger partial charge in [0.2, 0.25) is 7.94 Å². The fourth-order valence-electron chi connectivity index (χ4n) is 4.47. The minimum Gasteiger partial charge on any atom is -0.397 e. The van der Waals surface area contributed by atoms with Gasteiger partial charge in [0.05, 0.1) is 24.6 Å². The number of carbonyl (C=O) groups is 2. The SMILES string of the molecule is C[P]1(O)OCC2(CCN(C(=O)c3ccc(C(=O)Nc4cc(-c5cccs5)ccc4N)cc3)CC2)CO1. The van der Waals surface area contributed by atoms with E-state index < -0.39 is 7.94 Å². The summed E-state index contributed by atoms with van der Waals surface area (Å²) in [6.45, 7) is 3.70. The van der Waals surface area contributed by atoms with Crippen molar-refractivity contribution in [2.24, 2.45) is 5.41 Å². The van der Waals surface area contributed by atoms with E-state index in [1.807, 2.05) is 34.5 Å². The molecule has 10 heteroatoms. The van der Waals surface area contributed by atoms with Crippen LogP contribution in [0.5, 0.6) is 0 Å². The second-order valence-corrected chi connectivity index (χ2v) is 12.5. The topological polar surface area (TPSA) is 114 Å². The third kappa shape index (κ3) is 5.31. The van der Waals surface area contributed by atoms with Gasteiger partial charge in [-0.15, -0.1) is 11.3 Å². The quantitative estimate of drug-likeness (QED) is 0.329. The molecule has 3 aromatic rings. The summed E-state index contributed by atoms with van der Waals surface area (Å²) in [6, 6.07) is 16.2. The Morgan fingerprint density at radius 2 is 1.72 bits per heavy atom. The zero-order valence-corrected chi connectivity index (χ0v) is 21.7. The molecule has 2 fully saturated rings. The van der Waals surface area contributed by atoms with Crippen LogP contribution < -0.4 is 11.1 Å². The van der Waals surface area contributed by atoms with E-state index in [0.29, 0.717) is 48.8 Å². The highest BCUT2D eigenvalue weighted by Gasteiger charge is 2.43. The molecule has 36 heavy (non-hydrogen) atoms. The molecule has 4 N–H and O–H groups in total. The molecule has 1 radical (unpaired) electrons. The van der Waals surface area contributed by atoms with Gasteiger partial charge in [0.15, 0.2) is 0 Å². The van der Waals surface area contributed by atoms with E-state index in [2.05, 4.69) is 5.32 Å². The highest BCUT2D eigenvalue weighted by atomic mass is 32.1. The highest BCUT2D eigenvalue weighted by molar-refractivity contribution is 7.59. The van der Waals surface area contributed by atoms with E-state index in [0.717, 1.165) is 23.3 Å². The molecule has 0 saturated carbocycles. The van der Waals surface area contributed by atoms with Gasteiger partial charge in [-0.1, -0.05) is 12.1 Å². The van der Waals surface area contributed by atoms with Gasteiger partial charge in [0, 0.05) is 41.2 Å². The molecule has 0 aliphatic carbocycles. The molecular weight excluding hydrogens is 497 g/mol. The Hall–Kier alpha value is -2.81. The summed E-state index contributed by atoms with van der Waals surface area (Å²) in [5.74, 6) is -0.359. The van der Waals surface area contributed by atoms with E-state index in [-0.39, 0.29) is 17.2 Å². The molecule has 189 valence electrons. The van der Waals surface area contributed by atoms with Crippen molar-refractivity contribution in [3.05, 3.63) is 71.1 Å². The summed E-state index contributed by atoms with van der Waals surface area (Å²) >= 11 is 1.62. The van der Waals surface area contributed by atoms with Gasteiger partial charge in [0.1, 0.15) is 0 Å². The number of hydrogen-bond acceptors (Lipinski definition) is 7. The Morgan fingerprint density at radius 1 is 1.06 bits per heavy atom. The van der Waals surface area contributed by atoms with Crippen molar-refractivity contribution in [3.8, 4) is 10.4 Å². The van der Waals surface area contributed by atoms with Crippen LogP contribution >= 0.6 is 19.3 Å². The zero-order chi connectivity index (χ0) is 25.3. The minimum atomic E-state index is -2.68. The average molecular weight is 527 g/mol. The molecule has 2 saturated heterocycles. The van der Waals surface area contributed by atoms with Crippen LogP contribution in [0.2, 0.25) is 0 Å². The van der Waals surface area contributed by atoms with Crippen LogP contribution in [0.15, 0.2) is 60.0 Å². The summed E-state index contributed by atoms with van der Waals surface area (Å²) in [7, 11) is -2.68. The maximum Gasteiger partial charge on any atom is 0.255 e. The standard InChI is InChI=1S/C26H29N3O5PS/c1-35(32)33-16-26(17-34-35)10-12-29(13-11-26)25(31)19-6-4-18(5-7-19)24(30)28-22-15-20(8-9-21(22)27)23-3-2-14-36-23/h2-9,14-15,32H,10-13,16-17,27H2,1H3,(H,28,30). The fraction of sp³-hybridized carbons (Fsp3) is 0.308. The van der Waals surface area contributed by atoms with Gasteiger partial charge < -0.3 is 29.9 Å². The van der Waals surface area contributed by atoms with E-state index in [1.165, 1.54) is 0 Å². The first-order valence-electron chi connectivity index (χ1n) is 11.8. The predicted octanol–water partition coefficient (Wildman–Crippen LogP) is 4.90. The molecule has 1 spiro atoms. The van der Waals surface area contributed by atoms with Crippen LogP contribution in [-0.2, 0) is 9.05 Å². The summed E-state index contributed by atoms with van der Waals surface area (Å²) < 4.78 is 11.1. The molecule has 0 atom stereocenters. The van der Waals surface area contributed by atoms with Gasteiger partial charge in [-0.2, -0.15) is 0 Å². The number of nitrogens with one attached hydrogen (secondary N) is 1. The Bertz CT molecular complexity index is 1240. The minimum absolute atomic E-state index is 0.0677. The van der Waals surface area contributed by atoms with Crippen molar-refractivity contribution in [2.45, 2.75) is 12.8 Å². The van der Waals surface area contributed by atoms with Crippen LogP contribution in [0.4, 0.5) is 11.4 Å². The fourth-order valence-corrected chi connectivity index (χ4v) is 6.29. The van der Waals surface area contributed by atoms with Crippen molar-refractivity contribution in [1.29, 1.82) is 0 Å². The van der Waals surface area contributed by atoms with E-state index in [9.17, 15) is 14.5 Å². The Balaban J connectivity index is 1.20. The van der Waals surface area contributed by atoms with Crippen molar-refractivity contribution < 1.29 is 23.5 Å². The molecule has 0 bridgehead atoms. The van der Waals surface area contributed by atoms with Crippen LogP contribution in [-0.4, -0.2) is 54.6 Å². The highest BCUT2D eigenvalue weighted by Crippen LogP contribution is 2.59. The molecule has 2 amide bonds. The number of nitrogens with zero attached hydrogens (tertiary/aromatic N) is 1. The number of carbonyl (C=O) groups excluding carboxylic acids is 2. The number of hydrogen-bond donors (Lipinski definition) is 3. The number of rotatable bonds is 4. The number of amides is 2. The Kier molecular flexibility index (Phi) is 6.85. The van der Waals surface area contributed by atoms with Crippen molar-refractivity contribution in [3.63, 3.8) is 0 Å². The van der Waals surface area contributed by atoms with Gasteiger partial charge in [0.25, 0.3) is 11.8 Å². The first kappa shape index (κ1) is 24.9. The number of nitrogen functional groups attached to an aromatic ring is 1. The number of likely N-dealkylation sites (tertiary alicyclic amines) is 1. The molecule has 0 unspecified atom stereocenters. The van der Waals surface area contributed by atoms with Crippen LogP contribution in [0.25, 0.3) is 10.4 Å². The largest absolute Gasteiger partial charge is 0.397 e. The van der Waals surface area contributed by atoms with Gasteiger partial charge >= 0.3 is 0 Å². The molecule has 3 heterocycles. The molecule has 5 rings (SSSR count). The lowest BCUT2D eigenvalue weighted by molar-refractivity contribution is -0.0304. The smallest absolute Gasteiger partial charge is 0.255 e. The van der Waals surface area contributed by atoms with E-state index >= 15 is 0 Å². The van der Waals surface area contributed by atoms with E-state index in [4.69, 9.17) is 14.8 Å². The summed E-state index contributed by atoms with van der Waals surface area (Å²) in [5.41, 5.74) is 8.94. The van der Waals surface area contributed by atoms with Crippen molar-refractivity contribution in [2.75, 3.05) is 44.0 Å². The Labute approximate surface area is 214 Å². The van der Waals surface area contributed by atoms with Gasteiger partial charge in [-0.25, -0.2) is 0 Å². The number of thiophene rings is 1. The van der Waals surface area contributed by atoms with Crippen molar-refractivity contribution >= 4 is 42.5 Å². The number of anilines is 2. The lowest BCUT2D eigenvalue weighted by atomic mass is 9.80. The van der Waals surface area contributed by atoms with Crippen molar-refractivity contribution in [1.82, 2.24) is 4.90 Å². The van der Waals surface area contributed by atoms with Crippen LogP contribution in [0.3, 0.4) is 0 Å². The first-order chi connectivity index (χ1) is 17.2. The summed E-state index contributed by atoms with van der Waals surface area (Å²) in [4.78, 5) is 38.8. The lowest BCUT2D eigenvalue weighted by Gasteiger charge is -2.46. The maximum absolute atomic E-state index is 13.1. The lowest BCUT2D eigenvalue weighted by Crippen LogP contribution is -2.48. The molecule has 1 aromatic heterocycles. The van der Waals surface area contributed by atoms with Crippen LogP contribution in [0.1, 0.15) is 33.6 Å². The third-order valence-electron chi connectivity index (χ3n) is 6.83. The molecule has 2 aromatic carbocycles. The average Bonchev–Trinajstić information content (AvgIpc) is 3.43. The second kappa shape index (κ2) is 9.92. The molecular formula is C26H29N3O5PS. The monoisotopic (exact) mass is 526 g/mol. The summed E-state index contributed by atoms with van der Waals surface area (Å²) in [6.07, 6.45) is 1.51. The summed E-state index contributed by atoms with van der Waals surface area (Å²) in [5, 5.41) is 4.89. The second-order valence-electron chi connectivity index (χ2n) is 9.45. The number of benzene rings is 2. The van der Waals surface area contributed by atoms with E-state index in [1.54, 1.807) is 48.3 Å². The Morgan fingerprint density at radius 3 is 2.36 bits per heavy atom. The molecule has 2 aliphatic rings. The normalized spacial score (nSPS) is 18.7. The zero-order valence-electron chi connectivity index (χ0n) is 20.0. The number of nitrogens with two attached hydrogens (primary N) is 1. The van der Waals surface area contributed by atoms with Crippen LogP contribution in [0, 0.1) is 5.41 Å². The molecule has 8 nitrogen and oxygen atoms in total. The molecule has 2 aliphatic heterocycles. The number of piperidine rings is 1.